The molecule has 0 bridgehead atoms. The lowest BCUT2D eigenvalue weighted by Gasteiger charge is -2.35. The minimum atomic E-state index is -4.66. The number of alkyl halides is 3. The number of aromatic nitrogens is 5. The van der Waals surface area contributed by atoms with Crippen molar-refractivity contribution in [1.29, 1.82) is 0 Å². The molecule has 1 amide bonds. The highest BCUT2D eigenvalue weighted by Crippen LogP contribution is 2.28. The van der Waals surface area contributed by atoms with Gasteiger partial charge in [-0.05, 0) is 18.2 Å². The minimum Gasteiger partial charge on any atom is -0.352 e. The molecular formula is C16H14F3N7O2. The van der Waals surface area contributed by atoms with Gasteiger partial charge >= 0.3 is 6.18 Å². The van der Waals surface area contributed by atoms with Crippen molar-refractivity contribution < 1.29 is 18.0 Å². The quantitative estimate of drug-likeness (QED) is 0.691. The topological polar surface area (TPSA) is 99.5 Å². The normalized spacial score (nSPS) is 15.2. The standard InChI is InChI=1S/C16H14F3N7O2/c17-16(18,19)15-22-21-11-2-3-12(23-26(11)15)24-5-7-25(8-6-24)14(28)10-1-4-13(27)20-9-10/h1-4,9H,5-8H2,(H,20,27). The highest BCUT2D eigenvalue weighted by atomic mass is 19.4. The van der Waals surface area contributed by atoms with E-state index in [1.807, 2.05) is 0 Å². The molecule has 0 unspecified atom stereocenters. The van der Waals surface area contributed by atoms with Crippen LogP contribution in [0.4, 0.5) is 19.0 Å². The van der Waals surface area contributed by atoms with Gasteiger partial charge in [-0.25, -0.2) is 0 Å². The van der Waals surface area contributed by atoms with Crippen molar-refractivity contribution in [2.75, 3.05) is 31.1 Å². The van der Waals surface area contributed by atoms with Gasteiger partial charge < -0.3 is 14.8 Å². The van der Waals surface area contributed by atoms with Gasteiger partial charge in [0.1, 0.15) is 5.82 Å². The molecule has 1 saturated heterocycles. The van der Waals surface area contributed by atoms with Gasteiger partial charge in [0.15, 0.2) is 5.65 Å². The van der Waals surface area contributed by atoms with Crippen LogP contribution in [0.15, 0.2) is 35.3 Å². The van der Waals surface area contributed by atoms with E-state index < -0.39 is 12.0 Å². The zero-order valence-electron chi connectivity index (χ0n) is 14.3. The fourth-order valence-corrected chi connectivity index (χ4v) is 2.99. The molecule has 3 aromatic rings. The smallest absolute Gasteiger partial charge is 0.352 e. The third kappa shape index (κ3) is 3.28. The van der Waals surface area contributed by atoms with E-state index in [1.54, 1.807) is 15.9 Å². The molecule has 146 valence electrons. The predicted molar refractivity (Wildman–Crippen MR) is 91.0 cm³/mol. The summed E-state index contributed by atoms with van der Waals surface area (Å²) in [6.45, 7) is 1.53. The van der Waals surface area contributed by atoms with Crippen LogP contribution in [-0.4, -0.2) is 61.8 Å². The first kappa shape index (κ1) is 17.9. The van der Waals surface area contributed by atoms with Gasteiger partial charge in [0.2, 0.25) is 5.56 Å². The SMILES string of the molecule is O=C(c1ccc(=O)[nH]c1)N1CCN(c2ccc3nnc(C(F)(F)F)n3n2)CC1. The van der Waals surface area contributed by atoms with Gasteiger partial charge in [-0.2, -0.15) is 17.7 Å². The average molecular weight is 393 g/mol. The number of hydrogen-bond donors (Lipinski definition) is 1. The fourth-order valence-electron chi connectivity index (χ4n) is 2.99. The Labute approximate surface area is 155 Å². The molecule has 0 atom stereocenters. The Hall–Kier alpha value is -3.44. The molecule has 0 aliphatic carbocycles. The Morgan fingerprint density at radius 3 is 2.43 bits per heavy atom. The molecule has 1 fully saturated rings. The first-order valence-corrected chi connectivity index (χ1v) is 8.35. The lowest BCUT2D eigenvalue weighted by atomic mass is 10.2. The number of halogens is 3. The fraction of sp³-hybridized carbons (Fsp3) is 0.312. The van der Waals surface area contributed by atoms with Crippen molar-refractivity contribution in [2.45, 2.75) is 6.18 Å². The number of hydrogen-bond acceptors (Lipinski definition) is 6. The molecule has 1 aliphatic rings. The van der Waals surface area contributed by atoms with E-state index >= 15 is 0 Å². The first-order chi connectivity index (χ1) is 13.3. The highest BCUT2D eigenvalue weighted by molar-refractivity contribution is 5.94. The van der Waals surface area contributed by atoms with Crippen LogP contribution in [0, 0.1) is 0 Å². The number of amides is 1. The van der Waals surface area contributed by atoms with Crippen molar-refractivity contribution in [3.8, 4) is 0 Å². The molecule has 1 N–H and O–H groups in total. The number of piperazine rings is 1. The van der Waals surface area contributed by atoms with Crippen LogP contribution in [0.25, 0.3) is 5.65 Å². The van der Waals surface area contributed by atoms with Gasteiger partial charge in [-0.15, -0.1) is 15.3 Å². The van der Waals surface area contributed by atoms with E-state index in [1.165, 1.54) is 24.4 Å². The lowest BCUT2D eigenvalue weighted by molar-refractivity contribution is -0.146. The molecule has 0 spiro atoms. The third-order valence-electron chi connectivity index (χ3n) is 4.42. The molecule has 12 heteroatoms. The van der Waals surface area contributed by atoms with Crippen LogP contribution in [0.1, 0.15) is 16.2 Å². The number of nitrogens with one attached hydrogen (secondary N) is 1. The highest BCUT2D eigenvalue weighted by Gasteiger charge is 2.38. The molecule has 1 aliphatic heterocycles. The maximum atomic E-state index is 13.0. The third-order valence-corrected chi connectivity index (χ3v) is 4.42. The number of H-pyrrole nitrogens is 1. The van der Waals surface area contributed by atoms with Gasteiger partial charge in [-0.1, -0.05) is 0 Å². The van der Waals surface area contributed by atoms with Crippen molar-refractivity contribution >= 4 is 17.4 Å². The summed E-state index contributed by atoms with van der Waals surface area (Å²) in [6.07, 6.45) is -3.30. The summed E-state index contributed by atoms with van der Waals surface area (Å²) in [5.74, 6) is -1.07. The van der Waals surface area contributed by atoms with Crippen molar-refractivity contribution in [1.82, 2.24) is 29.7 Å². The first-order valence-electron chi connectivity index (χ1n) is 8.35. The van der Waals surface area contributed by atoms with Crippen LogP contribution >= 0.6 is 0 Å². The van der Waals surface area contributed by atoms with Crippen molar-refractivity contribution in [2.24, 2.45) is 0 Å². The second-order valence-electron chi connectivity index (χ2n) is 6.20. The second kappa shape index (κ2) is 6.62. The number of fused-ring (bicyclic) bond motifs is 1. The van der Waals surface area contributed by atoms with Crippen LogP contribution < -0.4 is 10.5 Å². The molecule has 0 aromatic carbocycles. The van der Waals surface area contributed by atoms with Gasteiger partial charge in [0, 0.05) is 38.4 Å². The van der Waals surface area contributed by atoms with Crippen molar-refractivity contribution in [3.05, 3.63) is 52.2 Å². The predicted octanol–water partition coefficient (Wildman–Crippen LogP) is 0.794. The Bertz CT molecular complexity index is 1060. The molecule has 9 nitrogen and oxygen atoms in total. The van der Waals surface area contributed by atoms with Gasteiger partial charge in [0.25, 0.3) is 11.7 Å². The van der Waals surface area contributed by atoms with E-state index in [2.05, 4.69) is 20.3 Å². The summed E-state index contributed by atoms with van der Waals surface area (Å²) in [4.78, 5) is 29.4. The zero-order chi connectivity index (χ0) is 19.9. The maximum Gasteiger partial charge on any atom is 0.453 e. The number of nitrogens with zero attached hydrogens (tertiary/aromatic N) is 6. The van der Waals surface area contributed by atoms with E-state index in [-0.39, 0.29) is 17.1 Å². The monoisotopic (exact) mass is 393 g/mol. The summed E-state index contributed by atoms with van der Waals surface area (Å²) in [5.41, 5.74) is 0.0740. The Kier molecular flexibility index (Phi) is 4.24. The summed E-state index contributed by atoms with van der Waals surface area (Å²) >= 11 is 0. The molecule has 3 aromatic heterocycles. The molecule has 0 saturated carbocycles. The Morgan fingerprint density at radius 1 is 1.04 bits per heavy atom. The average Bonchev–Trinajstić information content (AvgIpc) is 3.12. The Balaban J connectivity index is 1.50. The second-order valence-corrected chi connectivity index (χ2v) is 6.20. The molecular weight excluding hydrogens is 379 g/mol. The largest absolute Gasteiger partial charge is 0.453 e. The van der Waals surface area contributed by atoms with Gasteiger partial charge in [-0.3, -0.25) is 9.59 Å². The molecule has 0 radical (unpaired) electrons. The van der Waals surface area contributed by atoms with Crippen LogP contribution in [0.5, 0.6) is 0 Å². The summed E-state index contributed by atoms with van der Waals surface area (Å²) in [5, 5.41) is 10.7. The number of carbonyl (C=O) groups excluding carboxylic acids is 1. The molecule has 4 rings (SSSR count). The zero-order valence-corrected chi connectivity index (χ0v) is 14.3. The minimum absolute atomic E-state index is 0.00274. The van der Waals surface area contributed by atoms with Gasteiger partial charge in [0.05, 0.1) is 5.56 Å². The maximum absolute atomic E-state index is 13.0. The number of aromatic amines is 1. The summed E-state index contributed by atoms with van der Waals surface area (Å²) < 4.78 is 39.7. The molecule has 28 heavy (non-hydrogen) atoms. The van der Waals surface area contributed by atoms with Crippen LogP contribution in [-0.2, 0) is 6.18 Å². The number of rotatable bonds is 2. The van der Waals surface area contributed by atoms with Crippen LogP contribution in [0.2, 0.25) is 0 Å². The lowest BCUT2D eigenvalue weighted by Crippen LogP contribution is -2.49. The number of carbonyl (C=O) groups is 1. The number of anilines is 1. The van der Waals surface area contributed by atoms with E-state index in [9.17, 15) is 22.8 Å². The van der Waals surface area contributed by atoms with E-state index in [0.717, 1.165) is 0 Å². The van der Waals surface area contributed by atoms with E-state index in [0.29, 0.717) is 42.1 Å². The molecule has 4 heterocycles. The summed E-state index contributed by atoms with van der Waals surface area (Å²) in [7, 11) is 0. The van der Waals surface area contributed by atoms with Crippen LogP contribution in [0.3, 0.4) is 0 Å². The summed E-state index contributed by atoms with van der Waals surface area (Å²) in [6, 6.07) is 5.72. The van der Waals surface area contributed by atoms with E-state index in [4.69, 9.17) is 0 Å². The number of pyridine rings is 1. The Morgan fingerprint density at radius 2 is 1.79 bits per heavy atom. The van der Waals surface area contributed by atoms with Crippen molar-refractivity contribution in [3.63, 3.8) is 0 Å².